The van der Waals surface area contributed by atoms with E-state index in [2.05, 4.69) is 4.74 Å². The van der Waals surface area contributed by atoms with E-state index in [0.29, 0.717) is 15.6 Å². The molecule has 1 aliphatic rings. The van der Waals surface area contributed by atoms with Gasteiger partial charge in [0.1, 0.15) is 5.82 Å². The Morgan fingerprint density at radius 1 is 1.27 bits per heavy atom. The highest BCUT2D eigenvalue weighted by atomic mass is 35.5. The molecule has 0 aromatic heterocycles. The quantitative estimate of drug-likeness (QED) is 0.420. The first-order valence-corrected chi connectivity index (χ1v) is 8.93. The number of esters is 1. The first-order valence-electron chi connectivity index (χ1n) is 7.32. The van der Waals surface area contributed by atoms with Gasteiger partial charge >= 0.3 is 5.97 Å². The van der Waals surface area contributed by atoms with E-state index in [1.165, 1.54) is 42.4 Å². The summed E-state index contributed by atoms with van der Waals surface area (Å²) in [7, 11) is 1.29. The molecule has 0 saturated carbocycles. The molecular formula is C18H11ClFNO3S2. The summed E-state index contributed by atoms with van der Waals surface area (Å²) in [5.41, 5.74) is 0.995. The minimum atomic E-state index is -0.523. The number of amides is 1. The Morgan fingerprint density at radius 2 is 1.96 bits per heavy atom. The summed E-state index contributed by atoms with van der Waals surface area (Å²) >= 11 is 12.3. The smallest absolute Gasteiger partial charge is 0.337 e. The van der Waals surface area contributed by atoms with Crippen molar-refractivity contribution in [1.82, 2.24) is 0 Å². The summed E-state index contributed by atoms with van der Waals surface area (Å²) in [4.78, 5) is 25.8. The normalized spacial score (nSPS) is 15.7. The Hall–Kier alpha value is -2.22. The van der Waals surface area contributed by atoms with Crippen molar-refractivity contribution in [3.63, 3.8) is 0 Å². The van der Waals surface area contributed by atoms with E-state index < -0.39 is 11.8 Å². The number of halogens is 2. The largest absolute Gasteiger partial charge is 0.465 e. The summed E-state index contributed by atoms with van der Waals surface area (Å²) in [6, 6.07) is 10.6. The number of hydrogen-bond donors (Lipinski definition) is 0. The summed E-state index contributed by atoms with van der Waals surface area (Å²) in [5.74, 6) is -1.38. The lowest BCUT2D eigenvalue weighted by Crippen LogP contribution is -2.27. The molecule has 1 heterocycles. The average molecular weight is 408 g/mol. The molecular weight excluding hydrogens is 397 g/mol. The van der Waals surface area contributed by atoms with Gasteiger partial charge in [0.05, 0.1) is 28.3 Å². The van der Waals surface area contributed by atoms with Crippen molar-refractivity contribution in [3.05, 3.63) is 69.3 Å². The zero-order chi connectivity index (χ0) is 18.8. The Bertz CT molecular complexity index is 924. The van der Waals surface area contributed by atoms with Crippen LogP contribution in [0, 0.1) is 5.82 Å². The third-order valence-corrected chi connectivity index (χ3v) is 5.25. The van der Waals surface area contributed by atoms with Crippen LogP contribution in [0.25, 0.3) is 6.08 Å². The SMILES string of the molecule is COC(=O)c1ccc(N2C(=O)/C(=C\c3c(F)cccc3Cl)SC2=S)cc1. The van der Waals surface area contributed by atoms with E-state index in [-0.39, 0.29) is 21.4 Å². The van der Waals surface area contributed by atoms with Gasteiger partial charge in [0.25, 0.3) is 5.91 Å². The van der Waals surface area contributed by atoms with Crippen molar-refractivity contribution in [2.45, 2.75) is 0 Å². The molecule has 1 saturated heterocycles. The van der Waals surface area contributed by atoms with Gasteiger partial charge in [-0.2, -0.15) is 0 Å². The molecule has 1 fully saturated rings. The van der Waals surface area contributed by atoms with Gasteiger partial charge in [0, 0.05) is 5.56 Å². The summed E-state index contributed by atoms with van der Waals surface area (Å²) in [6.07, 6.45) is 1.39. The van der Waals surface area contributed by atoms with Crippen LogP contribution in [-0.2, 0) is 9.53 Å². The molecule has 3 rings (SSSR count). The Balaban J connectivity index is 1.92. The second-order valence-electron chi connectivity index (χ2n) is 5.19. The second kappa shape index (κ2) is 7.57. The maximum absolute atomic E-state index is 14.0. The topological polar surface area (TPSA) is 46.6 Å². The molecule has 8 heteroatoms. The van der Waals surface area contributed by atoms with E-state index in [9.17, 15) is 14.0 Å². The fourth-order valence-electron chi connectivity index (χ4n) is 2.33. The molecule has 0 atom stereocenters. The number of carbonyl (C=O) groups excluding carboxylic acids is 2. The average Bonchev–Trinajstić information content (AvgIpc) is 2.91. The number of thioether (sulfide) groups is 1. The van der Waals surface area contributed by atoms with Gasteiger partial charge in [-0.05, 0) is 42.5 Å². The van der Waals surface area contributed by atoms with Crippen LogP contribution >= 0.6 is 35.6 Å². The highest BCUT2D eigenvalue weighted by Gasteiger charge is 2.33. The third-order valence-electron chi connectivity index (χ3n) is 3.62. The highest BCUT2D eigenvalue weighted by Crippen LogP contribution is 2.37. The van der Waals surface area contributed by atoms with Gasteiger partial charge in [0.15, 0.2) is 4.32 Å². The van der Waals surface area contributed by atoms with Crippen LogP contribution in [0.2, 0.25) is 5.02 Å². The van der Waals surface area contributed by atoms with Crippen LogP contribution in [-0.4, -0.2) is 23.3 Å². The second-order valence-corrected chi connectivity index (χ2v) is 7.27. The number of nitrogens with zero attached hydrogens (tertiary/aromatic N) is 1. The van der Waals surface area contributed by atoms with Crippen LogP contribution in [0.5, 0.6) is 0 Å². The maximum Gasteiger partial charge on any atom is 0.337 e. The first kappa shape index (κ1) is 18.6. The third kappa shape index (κ3) is 3.51. The number of anilines is 1. The molecule has 0 unspecified atom stereocenters. The molecule has 0 radical (unpaired) electrons. The Labute approximate surface area is 163 Å². The van der Waals surface area contributed by atoms with Crippen LogP contribution in [0.4, 0.5) is 10.1 Å². The predicted molar refractivity (Wildman–Crippen MR) is 105 cm³/mol. The highest BCUT2D eigenvalue weighted by molar-refractivity contribution is 8.27. The first-order chi connectivity index (χ1) is 12.4. The molecule has 2 aromatic carbocycles. The number of benzene rings is 2. The van der Waals surface area contributed by atoms with Crippen LogP contribution < -0.4 is 4.90 Å². The molecule has 0 spiro atoms. The number of rotatable bonds is 3. The van der Waals surface area contributed by atoms with Crippen LogP contribution in [0.1, 0.15) is 15.9 Å². The Kier molecular flexibility index (Phi) is 5.41. The molecule has 1 aliphatic heterocycles. The zero-order valence-corrected chi connectivity index (χ0v) is 15.8. The van der Waals surface area contributed by atoms with Gasteiger partial charge in [-0.25, -0.2) is 9.18 Å². The predicted octanol–water partition coefficient (Wildman–Crippen LogP) is 4.67. The van der Waals surface area contributed by atoms with Crippen molar-refractivity contribution in [1.29, 1.82) is 0 Å². The van der Waals surface area contributed by atoms with E-state index in [0.717, 1.165) is 11.8 Å². The van der Waals surface area contributed by atoms with Crippen molar-refractivity contribution < 1.29 is 18.7 Å². The van der Waals surface area contributed by atoms with Crippen molar-refractivity contribution >= 4 is 63.5 Å². The number of ether oxygens (including phenoxy) is 1. The summed E-state index contributed by atoms with van der Waals surface area (Å²) in [5, 5.41) is 0.206. The van der Waals surface area contributed by atoms with E-state index in [1.807, 2.05) is 0 Å². The minimum Gasteiger partial charge on any atom is -0.465 e. The fourth-order valence-corrected chi connectivity index (χ4v) is 3.83. The lowest BCUT2D eigenvalue weighted by molar-refractivity contribution is -0.113. The molecule has 4 nitrogen and oxygen atoms in total. The number of hydrogen-bond acceptors (Lipinski definition) is 5. The van der Waals surface area contributed by atoms with Crippen LogP contribution in [0.15, 0.2) is 47.4 Å². The maximum atomic E-state index is 14.0. The summed E-state index contributed by atoms with van der Waals surface area (Å²) in [6.45, 7) is 0. The van der Waals surface area contributed by atoms with Gasteiger partial charge in [0.2, 0.25) is 0 Å². The number of methoxy groups -OCH3 is 1. The Morgan fingerprint density at radius 3 is 2.58 bits per heavy atom. The molecule has 0 N–H and O–H groups in total. The van der Waals surface area contributed by atoms with E-state index in [1.54, 1.807) is 18.2 Å². The monoisotopic (exact) mass is 407 g/mol. The zero-order valence-electron chi connectivity index (χ0n) is 13.4. The van der Waals surface area contributed by atoms with Gasteiger partial charge in [-0.15, -0.1) is 0 Å². The van der Waals surface area contributed by atoms with Crippen molar-refractivity contribution in [3.8, 4) is 0 Å². The lowest BCUT2D eigenvalue weighted by atomic mass is 10.1. The van der Waals surface area contributed by atoms with Gasteiger partial charge < -0.3 is 4.74 Å². The number of thiocarbonyl (C=S) groups is 1. The molecule has 0 bridgehead atoms. The number of carbonyl (C=O) groups is 2. The summed E-state index contributed by atoms with van der Waals surface area (Å²) < 4.78 is 18.9. The van der Waals surface area contributed by atoms with Crippen molar-refractivity contribution in [2.24, 2.45) is 0 Å². The standard InChI is InChI=1S/C18H11ClFNO3S2/c1-24-17(23)10-5-7-11(8-6-10)21-16(22)15(26-18(21)25)9-12-13(19)3-2-4-14(12)20/h2-9H,1H3/b15-9+. The molecule has 132 valence electrons. The van der Waals surface area contributed by atoms with E-state index >= 15 is 0 Å². The van der Waals surface area contributed by atoms with Gasteiger partial charge in [-0.1, -0.05) is 41.6 Å². The van der Waals surface area contributed by atoms with Crippen LogP contribution in [0.3, 0.4) is 0 Å². The molecule has 2 aromatic rings. The molecule has 0 aliphatic carbocycles. The van der Waals surface area contributed by atoms with E-state index in [4.69, 9.17) is 23.8 Å². The molecule has 1 amide bonds. The minimum absolute atomic E-state index is 0.135. The fraction of sp³-hybridized carbons (Fsp3) is 0.0556. The lowest BCUT2D eigenvalue weighted by Gasteiger charge is -2.14. The van der Waals surface area contributed by atoms with Gasteiger partial charge in [-0.3, -0.25) is 9.69 Å². The van der Waals surface area contributed by atoms with Crippen molar-refractivity contribution in [2.75, 3.05) is 12.0 Å². The molecule has 26 heavy (non-hydrogen) atoms.